The van der Waals surface area contributed by atoms with Gasteiger partial charge in [0.25, 0.3) is 0 Å². The van der Waals surface area contributed by atoms with Crippen molar-refractivity contribution < 1.29 is 23.5 Å². The van der Waals surface area contributed by atoms with Crippen LogP contribution in [0.4, 0.5) is 4.39 Å². The highest BCUT2D eigenvalue weighted by Crippen LogP contribution is 2.41. The molecule has 1 aliphatic heterocycles. The number of carbonyl (C=O) groups excluding carboxylic acids is 3. The minimum Gasteiger partial charge on any atom is -0.487 e. The van der Waals surface area contributed by atoms with Gasteiger partial charge in [-0.3, -0.25) is 14.4 Å². The number of thioether (sulfide) groups is 1. The molecule has 6 nitrogen and oxygen atoms in total. The Balaban J connectivity index is 1.77. The van der Waals surface area contributed by atoms with Gasteiger partial charge >= 0.3 is 0 Å². The number of ketones is 1. The molecule has 0 aliphatic carbocycles. The van der Waals surface area contributed by atoms with Crippen molar-refractivity contribution in [3.63, 3.8) is 0 Å². The largest absolute Gasteiger partial charge is 0.487 e. The normalized spacial score (nSPS) is 15.4. The number of hydrogen-bond donors (Lipinski definition) is 2. The molecule has 1 unspecified atom stereocenters. The van der Waals surface area contributed by atoms with Crippen LogP contribution in [0.5, 0.6) is 5.75 Å². The van der Waals surface area contributed by atoms with E-state index in [1.807, 2.05) is 25.3 Å². The molecule has 2 atom stereocenters. The predicted octanol–water partition coefficient (Wildman–Crippen LogP) is 3.68. The number of fused-ring (bicyclic) bond motifs is 1. The van der Waals surface area contributed by atoms with E-state index in [2.05, 4.69) is 10.6 Å². The number of Topliss-reactive ketones (excluding diaryl/α,β-unsaturated/α-hetero) is 1. The second kappa shape index (κ2) is 10.8. The number of ether oxygens (including phenoxy) is 1. The lowest BCUT2D eigenvalue weighted by Gasteiger charge is -2.19. The van der Waals surface area contributed by atoms with E-state index in [9.17, 15) is 18.8 Å². The van der Waals surface area contributed by atoms with Gasteiger partial charge in [0.1, 0.15) is 23.7 Å². The van der Waals surface area contributed by atoms with Gasteiger partial charge in [0.2, 0.25) is 11.8 Å². The predicted molar refractivity (Wildman–Crippen MR) is 128 cm³/mol. The quantitative estimate of drug-likeness (QED) is 0.544. The van der Waals surface area contributed by atoms with Crippen LogP contribution in [-0.2, 0) is 16.0 Å². The topological polar surface area (TPSA) is 84.5 Å². The molecule has 0 spiro atoms. The lowest BCUT2D eigenvalue weighted by Crippen LogP contribution is -2.48. The Morgan fingerprint density at radius 3 is 2.61 bits per heavy atom. The van der Waals surface area contributed by atoms with Gasteiger partial charge in [0.15, 0.2) is 5.78 Å². The highest BCUT2D eigenvalue weighted by molar-refractivity contribution is 7.98. The number of aryl methyl sites for hydroxylation is 1. The molecule has 2 N–H and O–H groups in total. The molecule has 0 bridgehead atoms. The van der Waals surface area contributed by atoms with E-state index in [1.54, 1.807) is 17.8 Å². The highest BCUT2D eigenvalue weighted by Gasteiger charge is 2.29. The summed E-state index contributed by atoms with van der Waals surface area (Å²) in [5.41, 5.74) is 3.22. The van der Waals surface area contributed by atoms with Crippen LogP contribution in [-0.4, -0.2) is 48.3 Å². The highest BCUT2D eigenvalue weighted by atomic mass is 32.2. The van der Waals surface area contributed by atoms with E-state index in [1.165, 1.54) is 26.0 Å². The molecule has 0 saturated carbocycles. The van der Waals surface area contributed by atoms with E-state index in [0.717, 1.165) is 16.9 Å². The van der Waals surface area contributed by atoms with Gasteiger partial charge in [0.05, 0.1) is 6.54 Å². The monoisotopic (exact) mass is 472 g/mol. The number of halogens is 1. The van der Waals surface area contributed by atoms with Gasteiger partial charge in [-0.15, -0.1) is 0 Å². The van der Waals surface area contributed by atoms with Crippen molar-refractivity contribution in [1.82, 2.24) is 10.6 Å². The molecular weight excluding hydrogens is 443 g/mol. The molecule has 0 saturated heterocycles. The molecule has 8 heteroatoms. The summed E-state index contributed by atoms with van der Waals surface area (Å²) in [6.45, 7) is 5.02. The lowest BCUT2D eigenvalue weighted by molar-refractivity contribution is -0.128. The zero-order valence-corrected chi connectivity index (χ0v) is 20.1. The molecule has 0 aromatic heterocycles. The van der Waals surface area contributed by atoms with Crippen molar-refractivity contribution >= 4 is 29.4 Å². The Bertz CT molecular complexity index is 1070. The minimum atomic E-state index is -0.597. The molecule has 1 heterocycles. The molecule has 176 valence electrons. The van der Waals surface area contributed by atoms with Gasteiger partial charge in [-0.2, -0.15) is 11.8 Å². The van der Waals surface area contributed by atoms with Crippen molar-refractivity contribution in [2.45, 2.75) is 45.8 Å². The Morgan fingerprint density at radius 2 is 1.94 bits per heavy atom. The summed E-state index contributed by atoms with van der Waals surface area (Å²) in [6.07, 6.45) is 2.73. The first-order valence-electron chi connectivity index (χ1n) is 10.8. The second-order valence-corrected chi connectivity index (χ2v) is 9.26. The maximum atomic E-state index is 14.7. The summed E-state index contributed by atoms with van der Waals surface area (Å²) >= 11 is 1.61. The average molecular weight is 473 g/mol. The molecular formula is C25H29FN2O4S. The van der Waals surface area contributed by atoms with Gasteiger partial charge in [-0.1, -0.05) is 6.07 Å². The van der Waals surface area contributed by atoms with Crippen molar-refractivity contribution in [2.24, 2.45) is 0 Å². The first-order chi connectivity index (χ1) is 15.7. The van der Waals surface area contributed by atoms with Gasteiger partial charge < -0.3 is 15.4 Å². The first-order valence-corrected chi connectivity index (χ1v) is 12.2. The molecule has 2 aromatic carbocycles. The fourth-order valence-electron chi connectivity index (χ4n) is 3.94. The number of amides is 2. The van der Waals surface area contributed by atoms with E-state index in [-0.39, 0.29) is 30.2 Å². The average Bonchev–Trinajstić information content (AvgIpc) is 3.17. The van der Waals surface area contributed by atoms with E-state index >= 15 is 0 Å². The third kappa shape index (κ3) is 6.13. The Morgan fingerprint density at radius 1 is 1.18 bits per heavy atom. The zero-order chi connectivity index (χ0) is 24.1. The Hall–Kier alpha value is -2.87. The van der Waals surface area contributed by atoms with Crippen LogP contribution in [0.25, 0.3) is 11.1 Å². The number of benzene rings is 2. The fourth-order valence-corrected chi connectivity index (χ4v) is 4.42. The summed E-state index contributed by atoms with van der Waals surface area (Å²) in [4.78, 5) is 35.9. The summed E-state index contributed by atoms with van der Waals surface area (Å²) in [6, 6.07) is 7.56. The second-order valence-electron chi connectivity index (χ2n) is 8.28. The molecule has 3 rings (SSSR count). The molecule has 0 fully saturated rings. The number of rotatable bonds is 9. The van der Waals surface area contributed by atoms with E-state index in [0.29, 0.717) is 35.3 Å². The summed E-state index contributed by atoms with van der Waals surface area (Å²) < 4.78 is 20.8. The smallest absolute Gasteiger partial charge is 0.242 e. The summed E-state index contributed by atoms with van der Waals surface area (Å²) in [5, 5.41) is 5.57. The molecule has 2 amide bonds. The van der Waals surface area contributed by atoms with E-state index < -0.39 is 11.9 Å². The standard InChI is InChI=1S/C25H29FN2O4S/c1-14-9-18-11-19(13-27-25(31)23(7-8-33-4)28-16(3)30)32-24(18)21(10-14)20-12-17(15(2)29)5-6-22(20)26/h5-6,9-10,12,19,23H,7-8,11,13H2,1-4H3,(H,27,31)(H,28,30)/t19?,23-/m0/s1. The summed E-state index contributed by atoms with van der Waals surface area (Å²) in [5.74, 6) is 0.237. The van der Waals surface area contributed by atoms with Crippen LogP contribution in [0.1, 0.15) is 41.8 Å². The third-order valence-electron chi connectivity index (χ3n) is 5.51. The van der Waals surface area contributed by atoms with Crippen LogP contribution in [0.2, 0.25) is 0 Å². The molecule has 33 heavy (non-hydrogen) atoms. The minimum absolute atomic E-state index is 0.141. The van der Waals surface area contributed by atoms with Crippen LogP contribution in [0.3, 0.4) is 0 Å². The van der Waals surface area contributed by atoms with Crippen LogP contribution in [0, 0.1) is 12.7 Å². The first kappa shape index (κ1) is 24.8. The molecule has 1 aliphatic rings. The molecule has 0 radical (unpaired) electrons. The van der Waals surface area contributed by atoms with Crippen LogP contribution >= 0.6 is 11.8 Å². The third-order valence-corrected chi connectivity index (χ3v) is 6.16. The maximum Gasteiger partial charge on any atom is 0.242 e. The zero-order valence-electron chi connectivity index (χ0n) is 19.3. The van der Waals surface area contributed by atoms with Gasteiger partial charge in [-0.25, -0.2) is 4.39 Å². The summed E-state index contributed by atoms with van der Waals surface area (Å²) in [7, 11) is 0. The van der Waals surface area contributed by atoms with Crippen molar-refractivity contribution in [3.8, 4) is 16.9 Å². The van der Waals surface area contributed by atoms with E-state index in [4.69, 9.17) is 4.74 Å². The van der Waals surface area contributed by atoms with Crippen LogP contribution in [0.15, 0.2) is 30.3 Å². The SMILES string of the molecule is CSCC[C@H](NC(C)=O)C(=O)NCC1Cc2cc(C)cc(-c3cc(C(C)=O)ccc3F)c2O1. The van der Waals surface area contributed by atoms with Gasteiger partial charge in [-0.05, 0) is 67.7 Å². The molecule has 2 aromatic rings. The van der Waals surface area contributed by atoms with Crippen molar-refractivity contribution in [1.29, 1.82) is 0 Å². The number of hydrogen-bond acceptors (Lipinski definition) is 5. The van der Waals surface area contributed by atoms with Crippen molar-refractivity contribution in [2.75, 3.05) is 18.6 Å². The fraction of sp³-hybridized carbons (Fsp3) is 0.400. The Kier molecular flexibility index (Phi) is 8.13. The van der Waals surface area contributed by atoms with Gasteiger partial charge in [0, 0.05) is 30.0 Å². The lowest BCUT2D eigenvalue weighted by atomic mass is 9.95. The van der Waals surface area contributed by atoms with Crippen LogP contribution < -0.4 is 15.4 Å². The number of carbonyl (C=O) groups is 3. The Labute approximate surface area is 197 Å². The number of nitrogens with one attached hydrogen (secondary N) is 2. The van der Waals surface area contributed by atoms with Crippen molar-refractivity contribution in [3.05, 3.63) is 52.8 Å². The maximum absolute atomic E-state index is 14.7.